The lowest BCUT2D eigenvalue weighted by atomic mass is 10.1. The third-order valence-corrected chi connectivity index (χ3v) is 8.23. The van der Waals surface area contributed by atoms with E-state index in [-0.39, 0.29) is 0 Å². The molecule has 0 aromatic heterocycles. The Morgan fingerprint density at radius 3 is 2.96 bits per heavy atom. The SMILES string of the molecule is CN(C)C1CCc2ccc(NS(=O)(=O)C3C(Br)N=C4SC=CN43)cc21. The molecule has 0 saturated heterocycles. The molecule has 4 rings (SSSR count). The van der Waals surface area contributed by atoms with Crippen LogP contribution in [0, 0.1) is 0 Å². The molecular formula is C16H19BrN4O2S2. The van der Waals surface area contributed by atoms with Crippen molar-refractivity contribution < 1.29 is 8.42 Å². The van der Waals surface area contributed by atoms with E-state index in [1.165, 1.54) is 22.9 Å². The molecule has 2 aliphatic heterocycles. The number of halogens is 1. The number of benzene rings is 1. The van der Waals surface area contributed by atoms with Crippen molar-refractivity contribution in [3.63, 3.8) is 0 Å². The summed E-state index contributed by atoms with van der Waals surface area (Å²) in [4.78, 5) is 7.76. The van der Waals surface area contributed by atoms with Gasteiger partial charge in [-0.1, -0.05) is 33.8 Å². The largest absolute Gasteiger partial charge is 0.305 e. The third kappa shape index (κ3) is 3.01. The van der Waals surface area contributed by atoms with Gasteiger partial charge in [0.05, 0.1) is 0 Å². The van der Waals surface area contributed by atoms with E-state index < -0.39 is 20.3 Å². The second-order valence-corrected chi connectivity index (χ2v) is 10.2. The molecule has 134 valence electrons. The Balaban J connectivity index is 1.60. The maximum absolute atomic E-state index is 13.0. The molecule has 1 N–H and O–H groups in total. The summed E-state index contributed by atoms with van der Waals surface area (Å²) in [5.74, 6) is 0. The smallest absolute Gasteiger partial charge is 0.257 e. The Labute approximate surface area is 160 Å². The van der Waals surface area contributed by atoms with Crippen molar-refractivity contribution >= 4 is 48.6 Å². The summed E-state index contributed by atoms with van der Waals surface area (Å²) in [5.41, 5.74) is 3.11. The highest BCUT2D eigenvalue weighted by Gasteiger charge is 2.44. The predicted octanol–water partition coefficient (Wildman–Crippen LogP) is 2.91. The van der Waals surface area contributed by atoms with Crippen molar-refractivity contribution in [2.75, 3.05) is 18.8 Å². The van der Waals surface area contributed by atoms with E-state index in [0.717, 1.165) is 12.8 Å². The van der Waals surface area contributed by atoms with Gasteiger partial charge < -0.3 is 9.80 Å². The standard InChI is InChI=1S/C16H19BrN4O2S2/c1-20(2)13-6-4-10-3-5-11(9-12(10)13)19-25(22,23)15-14(17)18-16-21(15)7-8-24-16/h3,5,7-9,13-15,19H,4,6H2,1-2H3. The number of aliphatic imine (C=N–C) groups is 1. The van der Waals surface area contributed by atoms with Crippen molar-refractivity contribution in [3.05, 3.63) is 40.9 Å². The average Bonchev–Trinajstić information content (AvgIpc) is 3.19. The van der Waals surface area contributed by atoms with Crippen LogP contribution in [0.25, 0.3) is 0 Å². The van der Waals surface area contributed by atoms with E-state index in [9.17, 15) is 8.42 Å². The van der Waals surface area contributed by atoms with Gasteiger partial charge in [0.2, 0.25) is 0 Å². The second kappa shape index (κ2) is 6.29. The molecule has 1 aromatic rings. The van der Waals surface area contributed by atoms with Gasteiger partial charge in [-0.2, -0.15) is 0 Å². The number of hydrogen-bond donors (Lipinski definition) is 1. The Bertz CT molecular complexity index is 869. The molecule has 6 nitrogen and oxygen atoms in total. The van der Waals surface area contributed by atoms with Crippen LogP contribution in [0.4, 0.5) is 5.69 Å². The molecule has 3 unspecified atom stereocenters. The highest BCUT2D eigenvalue weighted by atomic mass is 79.9. The molecule has 0 fully saturated rings. The number of thioether (sulfide) groups is 1. The predicted molar refractivity (Wildman–Crippen MR) is 106 cm³/mol. The number of rotatable bonds is 4. The average molecular weight is 443 g/mol. The lowest BCUT2D eigenvalue weighted by Gasteiger charge is -2.24. The topological polar surface area (TPSA) is 65.0 Å². The minimum Gasteiger partial charge on any atom is -0.305 e. The molecule has 0 saturated carbocycles. The first kappa shape index (κ1) is 17.4. The zero-order valence-electron chi connectivity index (χ0n) is 13.9. The van der Waals surface area contributed by atoms with Gasteiger partial charge in [-0.3, -0.25) is 4.72 Å². The van der Waals surface area contributed by atoms with Gasteiger partial charge in [-0.05, 0) is 55.6 Å². The van der Waals surface area contributed by atoms with Crippen molar-refractivity contribution in [1.29, 1.82) is 0 Å². The first-order chi connectivity index (χ1) is 11.9. The van der Waals surface area contributed by atoms with Crippen LogP contribution >= 0.6 is 27.7 Å². The van der Waals surface area contributed by atoms with Gasteiger partial charge in [0.15, 0.2) is 10.5 Å². The minimum absolute atomic E-state index is 0.336. The quantitative estimate of drug-likeness (QED) is 0.573. The van der Waals surface area contributed by atoms with E-state index in [1.807, 2.05) is 23.6 Å². The van der Waals surface area contributed by atoms with Crippen LogP contribution in [0.2, 0.25) is 0 Å². The van der Waals surface area contributed by atoms with Gasteiger partial charge >= 0.3 is 0 Å². The summed E-state index contributed by atoms with van der Waals surface area (Å²) in [6.45, 7) is 0. The first-order valence-corrected chi connectivity index (χ1v) is 11.4. The highest BCUT2D eigenvalue weighted by Crippen LogP contribution is 2.38. The molecule has 1 aliphatic carbocycles. The van der Waals surface area contributed by atoms with Crippen LogP contribution in [0.15, 0.2) is 34.8 Å². The maximum atomic E-state index is 13.0. The molecule has 3 atom stereocenters. The molecule has 25 heavy (non-hydrogen) atoms. The van der Waals surface area contributed by atoms with E-state index in [2.05, 4.69) is 44.6 Å². The van der Waals surface area contributed by atoms with E-state index in [1.54, 1.807) is 11.1 Å². The molecule has 1 aromatic carbocycles. The van der Waals surface area contributed by atoms with E-state index >= 15 is 0 Å². The van der Waals surface area contributed by atoms with Crippen LogP contribution in [0.3, 0.4) is 0 Å². The first-order valence-electron chi connectivity index (χ1n) is 8.01. The Morgan fingerprint density at radius 2 is 2.20 bits per heavy atom. The number of amidine groups is 1. The highest BCUT2D eigenvalue weighted by molar-refractivity contribution is 9.09. The summed E-state index contributed by atoms with van der Waals surface area (Å²) >= 11 is 4.82. The molecule has 0 radical (unpaired) electrons. The number of alkyl halides is 1. The molecule has 9 heteroatoms. The zero-order chi connectivity index (χ0) is 17.8. The fourth-order valence-corrected chi connectivity index (χ4v) is 7.27. The van der Waals surface area contributed by atoms with Crippen molar-refractivity contribution in [2.45, 2.75) is 29.2 Å². The van der Waals surface area contributed by atoms with Gasteiger partial charge in [0, 0.05) is 17.9 Å². The number of anilines is 1. The van der Waals surface area contributed by atoms with Crippen molar-refractivity contribution in [3.8, 4) is 0 Å². The Kier molecular flexibility index (Phi) is 4.38. The van der Waals surface area contributed by atoms with Crippen molar-refractivity contribution in [2.24, 2.45) is 4.99 Å². The van der Waals surface area contributed by atoms with Crippen LogP contribution in [0.5, 0.6) is 0 Å². The maximum Gasteiger partial charge on any atom is 0.257 e. The lowest BCUT2D eigenvalue weighted by Crippen LogP contribution is -2.42. The zero-order valence-corrected chi connectivity index (χ0v) is 17.1. The molecular weight excluding hydrogens is 424 g/mol. The number of aryl methyl sites for hydroxylation is 1. The molecule has 0 spiro atoms. The van der Waals surface area contributed by atoms with E-state index in [0.29, 0.717) is 16.9 Å². The lowest BCUT2D eigenvalue weighted by molar-refractivity contribution is 0.299. The van der Waals surface area contributed by atoms with E-state index in [4.69, 9.17) is 0 Å². The monoisotopic (exact) mass is 442 g/mol. The number of nitrogens with one attached hydrogen (secondary N) is 1. The van der Waals surface area contributed by atoms with Gasteiger partial charge in [0.25, 0.3) is 10.0 Å². The Hall–Kier alpha value is -1.03. The van der Waals surface area contributed by atoms with Crippen LogP contribution in [-0.2, 0) is 16.4 Å². The van der Waals surface area contributed by atoms with Crippen LogP contribution < -0.4 is 4.72 Å². The number of nitrogens with zero attached hydrogens (tertiary/aromatic N) is 3. The summed E-state index contributed by atoms with van der Waals surface area (Å²) < 4.78 is 28.7. The third-order valence-electron chi connectivity index (χ3n) is 4.75. The fourth-order valence-electron chi connectivity index (χ4n) is 3.58. The summed E-state index contributed by atoms with van der Waals surface area (Å²) in [5, 5.41) is 1.77. The summed E-state index contributed by atoms with van der Waals surface area (Å²) in [7, 11) is 0.477. The molecule has 2 heterocycles. The van der Waals surface area contributed by atoms with Crippen LogP contribution in [-0.4, -0.2) is 47.8 Å². The van der Waals surface area contributed by atoms with Gasteiger partial charge in [-0.25, -0.2) is 13.4 Å². The minimum atomic E-state index is -3.64. The fraction of sp³-hybridized carbons (Fsp3) is 0.438. The number of fused-ring (bicyclic) bond motifs is 2. The molecule has 3 aliphatic rings. The van der Waals surface area contributed by atoms with Gasteiger partial charge in [-0.15, -0.1) is 0 Å². The number of sulfonamides is 1. The van der Waals surface area contributed by atoms with Crippen LogP contribution in [0.1, 0.15) is 23.6 Å². The second-order valence-electron chi connectivity index (χ2n) is 6.56. The number of hydrogen-bond acceptors (Lipinski definition) is 6. The Morgan fingerprint density at radius 1 is 1.40 bits per heavy atom. The van der Waals surface area contributed by atoms with Crippen molar-refractivity contribution in [1.82, 2.24) is 9.80 Å². The summed E-state index contributed by atoms with van der Waals surface area (Å²) in [6, 6.07) is 6.19. The normalized spacial score (nSPS) is 27.6. The molecule has 0 amide bonds. The van der Waals surface area contributed by atoms with Gasteiger partial charge in [0.1, 0.15) is 4.95 Å². The summed E-state index contributed by atoms with van der Waals surface area (Å²) in [6.07, 6.45) is 3.86. The molecule has 0 bridgehead atoms.